The number of aryl methyl sites for hydroxylation is 1. The van der Waals surface area contributed by atoms with E-state index in [1.165, 1.54) is 0 Å². The van der Waals surface area contributed by atoms with Gasteiger partial charge < -0.3 is 10.2 Å². The first kappa shape index (κ1) is 15.5. The zero-order valence-electron chi connectivity index (χ0n) is 14.2. The molecule has 0 spiro atoms. The first-order chi connectivity index (χ1) is 10.4. The van der Waals surface area contributed by atoms with Crippen molar-refractivity contribution in [2.45, 2.75) is 46.1 Å². The molecule has 0 bridgehead atoms. The Kier molecular flexibility index (Phi) is 4.02. The van der Waals surface area contributed by atoms with Crippen LogP contribution in [-0.2, 0) is 5.54 Å². The minimum absolute atomic E-state index is 0.0932. The molecule has 2 aliphatic rings. The number of likely N-dealkylation sites (tertiary alicyclic amines) is 1. The standard InChI is InChI=1S/C17H28N4O/c1-12-9-15(19-21(12)17(2,3)4)16(22)20-7-5-13-10-18-11-14(13)6-8-20/h9,13-14,18H,5-8,10-11H2,1-4H3/t13-,14+. The van der Waals surface area contributed by atoms with Gasteiger partial charge in [-0.1, -0.05) is 0 Å². The van der Waals surface area contributed by atoms with Gasteiger partial charge in [0.25, 0.3) is 5.91 Å². The fourth-order valence-electron chi connectivity index (χ4n) is 3.84. The summed E-state index contributed by atoms with van der Waals surface area (Å²) in [6.07, 6.45) is 2.23. The summed E-state index contributed by atoms with van der Waals surface area (Å²) in [4.78, 5) is 14.8. The lowest BCUT2D eigenvalue weighted by Gasteiger charge is -2.22. The molecule has 1 N–H and O–H groups in total. The van der Waals surface area contributed by atoms with Crippen molar-refractivity contribution < 1.29 is 4.79 Å². The fraction of sp³-hybridized carbons (Fsp3) is 0.765. The van der Waals surface area contributed by atoms with Gasteiger partial charge in [-0.25, -0.2) is 0 Å². The van der Waals surface area contributed by atoms with Crippen molar-refractivity contribution in [3.05, 3.63) is 17.5 Å². The van der Waals surface area contributed by atoms with E-state index in [1.807, 2.05) is 22.6 Å². The van der Waals surface area contributed by atoms with Crippen LogP contribution in [0, 0.1) is 18.8 Å². The van der Waals surface area contributed by atoms with E-state index in [4.69, 9.17) is 0 Å². The van der Waals surface area contributed by atoms with Crippen molar-refractivity contribution in [3.8, 4) is 0 Å². The third-order valence-corrected chi connectivity index (χ3v) is 5.05. The van der Waals surface area contributed by atoms with Crippen molar-refractivity contribution in [1.29, 1.82) is 0 Å². The topological polar surface area (TPSA) is 50.2 Å². The van der Waals surface area contributed by atoms with Crippen molar-refractivity contribution in [2.24, 2.45) is 11.8 Å². The molecule has 1 aromatic rings. The minimum atomic E-state index is -0.0932. The first-order valence-electron chi connectivity index (χ1n) is 8.43. The van der Waals surface area contributed by atoms with Crippen molar-refractivity contribution in [2.75, 3.05) is 26.2 Å². The average molecular weight is 304 g/mol. The van der Waals surface area contributed by atoms with Gasteiger partial charge in [-0.05, 0) is 71.5 Å². The minimum Gasteiger partial charge on any atom is -0.337 e. The summed E-state index contributed by atoms with van der Waals surface area (Å²) < 4.78 is 1.96. The number of carbonyl (C=O) groups excluding carboxylic acids is 1. The molecule has 0 radical (unpaired) electrons. The number of rotatable bonds is 1. The smallest absolute Gasteiger partial charge is 0.274 e. The molecule has 1 amide bonds. The number of nitrogens with zero attached hydrogens (tertiary/aromatic N) is 3. The summed E-state index contributed by atoms with van der Waals surface area (Å²) in [7, 11) is 0. The largest absolute Gasteiger partial charge is 0.337 e. The molecule has 1 aromatic heterocycles. The van der Waals surface area contributed by atoms with Crippen LogP contribution in [0.3, 0.4) is 0 Å². The lowest BCUT2D eigenvalue weighted by Crippen LogP contribution is -2.33. The van der Waals surface area contributed by atoms with E-state index in [1.54, 1.807) is 0 Å². The Balaban J connectivity index is 1.74. The number of fused-ring (bicyclic) bond motifs is 1. The van der Waals surface area contributed by atoms with Gasteiger partial charge in [0.15, 0.2) is 5.69 Å². The summed E-state index contributed by atoms with van der Waals surface area (Å²) in [5.74, 6) is 1.58. The zero-order chi connectivity index (χ0) is 15.9. The number of nitrogens with one attached hydrogen (secondary N) is 1. The second kappa shape index (κ2) is 5.69. The van der Waals surface area contributed by atoms with Crippen LogP contribution in [0.15, 0.2) is 6.07 Å². The number of amides is 1. The van der Waals surface area contributed by atoms with Gasteiger partial charge in [-0.3, -0.25) is 9.48 Å². The molecule has 2 saturated heterocycles. The molecule has 2 aliphatic heterocycles. The maximum Gasteiger partial charge on any atom is 0.274 e. The Labute approximate surface area is 133 Å². The summed E-state index contributed by atoms with van der Waals surface area (Å²) >= 11 is 0. The van der Waals surface area contributed by atoms with Gasteiger partial charge in [-0.2, -0.15) is 5.10 Å². The van der Waals surface area contributed by atoms with Crippen LogP contribution < -0.4 is 5.32 Å². The van der Waals surface area contributed by atoms with Gasteiger partial charge >= 0.3 is 0 Å². The van der Waals surface area contributed by atoms with Crippen LogP contribution in [-0.4, -0.2) is 46.8 Å². The predicted octanol–water partition coefficient (Wildman–Crippen LogP) is 2.02. The van der Waals surface area contributed by atoms with E-state index in [9.17, 15) is 4.79 Å². The number of hydrogen-bond acceptors (Lipinski definition) is 3. The summed E-state index contributed by atoms with van der Waals surface area (Å²) in [5.41, 5.74) is 1.55. The Morgan fingerprint density at radius 3 is 2.32 bits per heavy atom. The Morgan fingerprint density at radius 1 is 1.23 bits per heavy atom. The van der Waals surface area contributed by atoms with Gasteiger partial charge in [0.1, 0.15) is 0 Å². The van der Waals surface area contributed by atoms with E-state index in [0.717, 1.165) is 56.6 Å². The molecule has 5 nitrogen and oxygen atoms in total. The van der Waals surface area contributed by atoms with E-state index in [2.05, 4.69) is 31.2 Å². The third-order valence-electron chi connectivity index (χ3n) is 5.05. The molecular formula is C17H28N4O. The lowest BCUT2D eigenvalue weighted by molar-refractivity contribution is 0.0751. The summed E-state index contributed by atoms with van der Waals surface area (Å²) in [6.45, 7) is 12.3. The van der Waals surface area contributed by atoms with E-state index in [-0.39, 0.29) is 11.4 Å². The third kappa shape index (κ3) is 2.91. The van der Waals surface area contributed by atoms with Crippen LogP contribution in [0.4, 0.5) is 0 Å². The Morgan fingerprint density at radius 2 is 1.82 bits per heavy atom. The summed E-state index contributed by atoms with van der Waals surface area (Å²) in [6, 6.07) is 1.93. The second-order valence-electron chi connectivity index (χ2n) is 7.80. The van der Waals surface area contributed by atoms with Crippen LogP contribution in [0.5, 0.6) is 0 Å². The highest BCUT2D eigenvalue weighted by molar-refractivity contribution is 5.92. The van der Waals surface area contributed by atoms with E-state index in [0.29, 0.717) is 5.69 Å². The predicted molar refractivity (Wildman–Crippen MR) is 86.9 cm³/mol. The molecule has 22 heavy (non-hydrogen) atoms. The quantitative estimate of drug-likeness (QED) is 0.863. The van der Waals surface area contributed by atoms with Gasteiger partial charge in [-0.15, -0.1) is 0 Å². The van der Waals surface area contributed by atoms with Crippen molar-refractivity contribution in [1.82, 2.24) is 20.0 Å². The molecule has 5 heteroatoms. The highest BCUT2D eigenvalue weighted by Crippen LogP contribution is 2.28. The van der Waals surface area contributed by atoms with Crippen molar-refractivity contribution >= 4 is 5.91 Å². The van der Waals surface area contributed by atoms with Crippen molar-refractivity contribution in [3.63, 3.8) is 0 Å². The van der Waals surface area contributed by atoms with Gasteiger partial charge in [0, 0.05) is 18.8 Å². The van der Waals surface area contributed by atoms with E-state index >= 15 is 0 Å². The molecule has 0 aromatic carbocycles. The molecule has 122 valence electrons. The number of hydrogen-bond donors (Lipinski definition) is 1. The average Bonchev–Trinajstić information content (AvgIpc) is 3.00. The molecule has 0 aliphatic carbocycles. The SMILES string of the molecule is Cc1cc(C(=O)N2CC[C@@H]3CNC[C@@H]3CC2)nn1C(C)(C)C. The van der Waals surface area contributed by atoms with Gasteiger partial charge in [0.05, 0.1) is 5.54 Å². The van der Waals surface area contributed by atoms with Crippen LogP contribution in [0.25, 0.3) is 0 Å². The number of carbonyl (C=O) groups is 1. The highest BCUT2D eigenvalue weighted by Gasteiger charge is 2.32. The van der Waals surface area contributed by atoms with Crippen LogP contribution >= 0.6 is 0 Å². The lowest BCUT2D eigenvalue weighted by atomic mass is 9.92. The van der Waals surface area contributed by atoms with Crippen LogP contribution in [0.1, 0.15) is 49.8 Å². The molecular weight excluding hydrogens is 276 g/mol. The second-order valence-corrected chi connectivity index (χ2v) is 7.80. The first-order valence-corrected chi connectivity index (χ1v) is 8.43. The monoisotopic (exact) mass is 304 g/mol. The highest BCUT2D eigenvalue weighted by atomic mass is 16.2. The molecule has 2 fully saturated rings. The van der Waals surface area contributed by atoms with Crippen LogP contribution in [0.2, 0.25) is 0 Å². The fourth-order valence-corrected chi connectivity index (χ4v) is 3.84. The maximum absolute atomic E-state index is 12.8. The van der Waals surface area contributed by atoms with E-state index < -0.39 is 0 Å². The number of aromatic nitrogens is 2. The normalized spacial score (nSPS) is 25.9. The van der Waals surface area contributed by atoms with Gasteiger partial charge in [0.2, 0.25) is 0 Å². The molecule has 3 rings (SSSR count). The summed E-state index contributed by atoms with van der Waals surface area (Å²) in [5, 5.41) is 8.05. The molecule has 0 unspecified atom stereocenters. The zero-order valence-corrected chi connectivity index (χ0v) is 14.2. The Hall–Kier alpha value is -1.36. The Bertz CT molecular complexity index is 543. The maximum atomic E-state index is 12.8. The molecule has 2 atom stereocenters. The molecule has 0 saturated carbocycles. The molecule has 3 heterocycles.